The van der Waals surface area contributed by atoms with Gasteiger partial charge in [0, 0.05) is 5.38 Å². The minimum Gasteiger partial charge on any atom is -0.375 e. The van der Waals surface area contributed by atoms with Gasteiger partial charge in [-0.25, -0.2) is 4.98 Å². The zero-order chi connectivity index (χ0) is 7.56. The summed E-state index contributed by atoms with van der Waals surface area (Å²) >= 11 is 1.28. The van der Waals surface area contributed by atoms with E-state index in [0.29, 0.717) is 17.1 Å². The van der Waals surface area contributed by atoms with Crippen LogP contribution in [0.5, 0.6) is 0 Å². The highest BCUT2D eigenvalue weighted by molar-refractivity contribution is 7.13. The smallest absolute Gasteiger partial charge is 0.180 e. The highest BCUT2D eigenvalue weighted by Crippen LogP contribution is 2.14. The first-order valence-electron chi connectivity index (χ1n) is 2.66. The second kappa shape index (κ2) is 2.76. The van der Waals surface area contributed by atoms with Gasteiger partial charge in [-0.05, 0) is 0 Å². The minimum atomic E-state index is -0.631. The van der Waals surface area contributed by atoms with E-state index in [2.05, 4.69) is 4.98 Å². The number of aldehydes is 1. The van der Waals surface area contributed by atoms with E-state index in [4.69, 9.17) is 11.5 Å². The SMILES string of the molecule is Nc1nc(C(N)C=O)cs1. The highest BCUT2D eigenvalue weighted by Gasteiger charge is 2.06. The molecule has 0 fully saturated rings. The first kappa shape index (κ1) is 7.17. The Hall–Kier alpha value is -0.940. The lowest BCUT2D eigenvalue weighted by Gasteiger charge is -1.94. The summed E-state index contributed by atoms with van der Waals surface area (Å²) in [6.07, 6.45) is 0.633. The molecule has 4 nitrogen and oxygen atoms in total. The number of nitrogens with two attached hydrogens (primary N) is 2. The molecule has 0 aliphatic carbocycles. The first-order valence-corrected chi connectivity index (χ1v) is 3.54. The molecule has 0 spiro atoms. The number of anilines is 1. The standard InChI is InChI=1S/C5H7N3OS/c6-3(1-9)4-2-10-5(7)8-4/h1-3H,6H2,(H2,7,8). The van der Waals surface area contributed by atoms with Gasteiger partial charge in [0.25, 0.3) is 0 Å². The molecule has 1 aromatic rings. The molecule has 1 heterocycles. The quantitative estimate of drug-likeness (QED) is 0.588. The summed E-state index contributed by atoms with van der Waals surface area (Å²) in [6.45, 7) is 0. The third kappa shape index (κ3) is 1.31. The van der Waals surface area contributed by atoms with Gasteiger partial charge in [-0.1, -0.05) is 0 Å². The summed E-state index contributed by atoms with van der Waals surface area (Å²) in [5.74, 6) is 0. The molecule has 0 saturated heterocycles. The molecule has 1 atom stereocenters. The number of carbonyl (C=O) groups excluding carboxylic acids is 1. The molecule has 0 saturated carbocycles. The molecule has 0 aliphatic heterocycles. The third-order valence-corrected chi connectivity index (χ3v) is 1.72. The molecule has 1 aromatic heterocycles. The number of aromatic nitrogens is 1. The van der Waals surface area contributed by atoms with Crippen molar-refractivity contribution in [1.82, 2.24) is 4.98 Å². The summed E-state index contributed by atoms with van der Waals surface area (Å²) in [6, 6.07) is -0.631. The molecule has 0 amide bonds. The van der Waals surface area contributed by atoms with Crippen LogP contribution >= 0.6 is 11.3 Å². The van der Waals surface area contributed by atoms with E-state index >= 15 is 0 Å². The first-order chi connectivity index (χ1) is 4.74. The number of nitrogens with zero attached hydrogens (tertiary/aromatic N) is 1. The van der Waals surface area contributed by atoms with E-state index in [-0.39, 0.29) is 0 Å². The summed E-state index contributed by atoms with van der Waals surface area (Å²) in [7, 11) is 0. The van der Waals surface area contributed by atoms with E-state index in [0.717, 1.165) is 0 Å². The fourth-order valence-electron chi connectivity index (χ4n) is 0.524. The Kier molecular flexibility index (Phi) is 1.98. The van der Waals surface area contributed by atoms with Crippen molar-refractivity contribution in [1.29, 1.82) is 0 Å². The fourth-order valence-corrected chi connectivity index (χ4v) is 1.13. The topological polar surface area (TPSA) is 82.0 Å². The number of rotatable bonds is 2. The van der Waals surface area contributed by atoms with Crippen molar-refractivity contribution < 1.29 is 4.79 Å². The van der Waals surface area contributed by atoms with Crippen LogP contribution in [0.2, 0.25) is 0 Å². The molecule has 54 valence electrons. The van der Waals surface area contributed by atoms with Crippen LogP contribution in [0.25, 0.3) is 0 Å². The van der Waals surface area contributed by atoms with Crippen LogP contribution in [0.15, 0.2) is 5.38 Å². The van der Waals surface area contributed by atoms with Crippen molar-refractivity contribution in [2.24, 2.45) is 5.73 Å². The molecule has 10 heavy (non-hydrogen) atoms. The lowest BCUT2D eigenvalue weighted by Crippen LogP contribution is -2.11. The molecule has 5 heteroatoms. The molecule has 0 aliphatic rings. The van der Waals surface area contributed by atoms with Gasteiger partial charge in [-0.3, -0.25) is 0 Å². The fraction of sp³-hybridized carbons (Fsp3) is 0.200. The summed E-state index contributed by atoms with van der Waals surface area (Å²) < 4.78 is 0. The molecule has 4 N–H and O–H groups in total. The van der Waals surface area contributed by atoms with Gasteiger partial charge in [-0.2, -0.15) is 0 Å². The van der Waals surface area contributed by atoms with Gasteiger partial charge < -0.3 is 16.3 Å². The number of hydrogen-bond donors (Lipinski definition) is 2. The van der Waals surface area contributed by atoms with Gasteiger partial charge in [0.1, 0.15) is 12.3 Å². The van der Waals surface area contributed by atoms with Crippen LogP contribution in [-0.2, 0) is 4.79 Å². The zero-order valence-corrected chi connectivity index (χ0v) is 5.97. The van der Waals surface area contributed by atoms with Crippen LogP contribution < -0.4 is 11.5 Å². The minimum absolute atomic E-state index is 0.437. The second-order valence-electron chi connectivity index (χ2n) is 1.77. The van der Waals surface area contributed by atoms with E-state index in [1.54, 1.807) is 5.38 Å². The highest BCUT2D eigenvalue weighted by atomic mass is 32.1. The van der Waals surface area contributed by atoms with Crippen molar-refractivity contribution in [2.45, 2.75) is 6.04 Å². The van der Waals surface area contributed by atoms with E-state index in [1.807, 2.05) is 0 Å². The lowest BCUT2D eigenvalue weighted by molar-refractivity contribution is -0.109. The lowest BCUT2D eigenvalue weighted by atomic mass is 10.3. The van der Waals surface area contributed by atoms with E-state index in [9.17, 15) is 4.79 Å². The Balaban J connectivity index is 2.84. The van der Waals surface area contributed by atoms with Crippen LogP contribution in [0.4, 0.5) is 5.13 Å². The predicted octanol–water partition coefficient (Wildman–Crippen LogP) is -0.0760. The molecule has 1 unspecified atom stereocenters. The zero-order valence-electron chi connectivity index (χ0n) is 5.15. The Morgan fingerprint density at radius 1 is 1.80 bits per heavy atom. The monoisotopic (exact) mass is 157 g/mol. The van der Waals surface area contributed by atoms with Crippen molar-refractivity contribution in [3.63, 3.8) is 0 Å². The van der Waals surface area contributed by atoms with Crippen LogP contribution in [0.1, 0.15) is 11.7 Å². The number of nitrogen functional groups attached to an aromatic ring is 1. The van der Waals surface area contributed by atoms with E-state index < -0.39 is 6.04 Å². The normalized spacial score (nSPS) is 12.9. The van der Waals surface area contributed by atoms with Gasteiger partial charge >= 0.3 is 0 Å². The molecular weight excluding hydrogens is 150 g/mol. The molecule has 0 bridgehead atoms. The third-order valence-electron chi connectivity index (χ3n) is 1.03. The Morgan fingerprint density at radius 2 is 2.50 bits per heavy atom. The Bertz CT molecular complexity index is 235. The van der Waals surface area contributed by atoms with Crippen LogP contribution in [0.3, 0.4) is 0 Å². The summed E-state index contributed by atoms with van der Waals surface area (Å²) in [4.78, 5) is 13.9. The average Bonchev–Trinajstić information content (AvgIpc) is 2.34. The summed E-state index contributed by atoms with van der Waals surface area (Å²) in [5.41, 5.74) is 11.2. The molecule has 0 aromatic carbocycles. The maximum absolute atomic E-state index is 10.1. The maximum Gasteiger partial charge on any atom is 0.180 e. The summed E-state index contributed by atoms with van der Waals surface area (Å²) in [5, 5.41) is 2.11. The molecule has 1 rings (SSSR count). The number of carbonyl (C=O) groups is 1. The van der Waals surface area contributed by atoms with Crippen LogP contribution in [0, 0.1) is 0 Å². The van der Waals surface area contributed by atoms with Gasteiger partial charge in [0.05, 0.1) is 5.69 Å². The number of thiazole rings is 1. The number of hydrogen-bond acceptors (Lipinski definition) is 5. The largest absolute Gasteiger partial charge is 0.375 e. The van der Waals surface area contributed by atoms with Crippen LogP contribution in [-0.4, -0.2) is 11.3 Å². The predicted molar refractivity (Wildman–Crippen MR) is 39.5 cm³/mol. The average molecular weight is 157 g/mol. The second-order valence-corrected chi connectivity index (χ2v) is 2.66. The van der Waals surface area contributed by atoms with Gasteiger partial charge in [0.15, 0.2) is 5.13 Å². The Labute approximate surface area is 61.9 Å². The van der Waals surface area contributed by atoms with E-state index in [1.165, 1.54) is 11.3 Å². The molecule has 0 radical (unpaired) electrons. The maximum atomic E-state index is 10.1. The van der Waals surface area contributed by atoms with Crippen molar-refractivity contribution in [3.8, 4) is 0 Å². The van der Waals surface area contributed by atoms with Crippen molar-refractivity contribution in [2.75, 3.05) is 5.73 Å². The van der Waals surface area contributed by atoms with Gasteiger partial charge in [-0.15, -0.1) is 11.3 Å². The molecular formula is C5H7N3OS. The van der Waals surface area contributed by atoms with Gasteiger partial charge in [0.2, 0.25) is 0 Å². The van der Waals surface area contributed by atoms with Crippen molar-refractivity contribution in [3.05, 3.63) is 11.1 Å². The van der Waals surface area contributed by atoms with Crippen molar-refractivity contribution >= 4 is 22.8 Å². The Morgan fingerprint density at radius 3 is 2.90 bits per heavy atom.